The molecule has 0 unspecified atom stereocenters. The van der Waals surface area contributed by atoms with E-state index in [1.807, 2.05) is 0 Å². The summed E-state index contributed by atoms with van der Waals surface area (Å²) in [5.74, 6) is -0.410. The lowest BCUT2D eigenvalue weighted by Crippen LogP contribution is -1.93. The van der Waals surface area contributed by atoms with Gasteiger partial charge in [0.2, 0.25) is 0 Å². The Kier molecular flexibility index (Phi) is 13.4. The van der Waals surface area contributed by atoms with E-state index in [9.17, 15) is 4.79 Å². The van der Waals surface area contributed by atoms with Crippen LogP contribution >= 0.6 is 11.6 Å². The minimum Gasteiger partial charge on any atom is -0.504 e. The van der Waals surface area contributed by atoms with Gasteiger partial charge in [0.1, 0.15) is 0 Å². The van der Waals surface area contributed by atoms with Gasteiger partial charge >= 0.3 is 5.97 Å². The van der Waals surface area contributed by atoms with Gasteiger partial charge in [0.05, 0.1) is 26.6 Å². The van der Waals surface area contributed by atoms with Crippen LogP contribution in [0.15, 0.2) is 12.3 Å². The zero-order chi connectivity index (χ0) is 8.41. The maximum Gasteiger partial charge on any atom is 0.333 e. The molecule has 10 heavy (non-hydrogen) atoms. The van der Waals surface area contributed by atoms with Crippen molar-refractivity contribution >= 4 is 17.6 Å². The smallest absolute Gasteiger partial charge is 0.333 e. The van der Waals surface area contributed by atoms with E-state index in [4.69, 9.17) is 0 Å². The van der Waals surface area contributed by atoms with Crippen molar-refractivity contribution in [2.24, 2.45) is 0 Å². The number of methoxy groups -OCH3 is 2. The van der Waals surface area contributed by atoms with Crippen LogP contribution in [0.25, 0.3) is 0 Å². The number of halogens is 1. The molecule has 3 nitrogen and oxygen atoms in total. The minimum atomic E-state index is -0.410. The van der Waals surface area contributed by atoms with Crippen LogP contribution in [0.4, 0.5) is 0 Å². The molecule has 0 heterocycles. The van der Waals surface area contributed by atoms with Gasteiger partial charge in [0, 0.05) is 6.38 Å². The average molecular weight is 167 g/mol. The molecule has 0 rings (SSSR count). The first kappa shape index (κ1) is 12.0. The van der Waals surface area contributed by atoms with Gasteiger partial charge in [-0.05, 0) is 0 Å². The van der Waals surface area contributed by atoms with Crippen molar-refractivity contribution in [1.29, 1.82) is 0 Å². The molecular formula is C6H11ClO3. The highest BCUT2D eigenvalue weighted by Gasteiger charge is 1.86. The lowest BCUT2D eigenvalue weighted by Gasteiger charge is -1.87. The number of ether oxygens (including phenoxy) is 2. The monoisotopic (exact) mass is 166 g/mol. The fraction of sp³-hybridized carbons (Fsp3) is 0.500. The second kappa shape index (κ2) is 11.1. The van der Waals surface area contributed by atoms with Crippen molar-refractivity contribution in [3.63, 3.8) is 0 Å². The van der Waals surface area contributed by atoms with Crippen LogP contribution in [0.1, 0.15) is 0 Å². The van der Waals surface area contributed by atoms with Gasteiger partial charge in [-0.1, -0.05) is 0 Å². The van der Waals surface area contributed by atoms with Crippen LogP contribution in [-0.2, 0) is 14.3 Å². The van der Waals surface area contributed by atoms with Crippen LogP contribution in [0, 0.1) is 0 Å². The number of hydrogen-bond acceptors (Lipinski definition) is 3. The summed E-state index contributed by atoms with van der Waals surface area (Å²) in [6, 6.07) is 0. The topological polar surface area (TPSA) is 35.5 Å². The number of esters is 1. The SMILES string of the molecule is CCl.CO/C=C/C(=O)OC. The van der Waals surface area contributed by atoms with Crippen LogP contribution in [0.5, 0.6) is 0 Å². The maximum atomic E-state index is 10.2. The third-order valence-electron chi connectivity index (χ3n) is 0.541. The molecule has 0 atom stereocenters. The Labute approximate surface area is 65.6 Å². The van der Waals surface area contributed by atoms with E-state index in [0.29, 0.717) is 0 Å². The molecular weight excluding hydrogens is 156 g/mol. The van der Waals surface area contributed by atoms with E-state index in [1.165, 1.54) is 32.9 Å². The molecule has 0 aromatic rings. The van der Waals surface area contributed by atoms with Crippen molar-refractivity contribution in [1.82, 2.24) is 0 Å². The predicted molar refractivity (Wildman–Crippen MR) is 39.9 cm³/mol. The molecule has 0 saturated carbocycles. The summed E-state index contributed by atoms with van der Waals surface area (Å²) < 4.78 is 8.68. The molecule has 0 aromatic carbocycles. The van der Waals surface area contributed by atoms with Gasteiger partial charge < -0.3 is 9.47 Å². The largest absolute Gasteiger partial charge is 0.504 e. The Morgan fingerprint density at radius 1 is 1.40 bits per heavy atom. The first-order chi connectivity index (χ1) is 4.81. The number of carbonyl (C=O) groups is 1. The number of alkyl halides is 1. The Hall–Kier alpha value is -0.700. The molecule has 0 radical (unpaired) electrons. The van der Waals surface area contributed by atoms with E-state index in [1.54, 1.807) is 0 Å². The van der Waals surface area contributed by atoms with E-state index in [0.717, 1.165) is 0 Å². The summed E-state index contributed by atoms with van der Waals surface area (Å²) in [7, 11) is 2.77. The highest BCUT2D eigenvalue weighted by molar-refractivity contribution is 6.15. The summed E-state index contributed by atoms with van der Waals surface area (Å²) in [4.78, 5) is 10.2. The zero-order valence-electron chi connectivity index (χ0n) is 6.26. The van der Waals surface area contributed by atoms with Crippen molar-refractivity contribution in [3.8, 4) is 0 Å². The number of carbonyl (C=O) groups excluding carboxylic acids is 1. The molecule has 0 aliphatic carbocycles. The molecule has 0 aliphatic rings. The molecule has 0 bridgehead atoms. The van der Waals surface area contributed by atoms with Gasteiger partial charge in [0.25, 0.3) is 0 Å². The quantitative estimate of drug-likeness (QED) is 0.268. The van der Waals surface area contributed by atoms with Crippen LogP contribution < -0.4 is 0 Å². The van der Waals surface area contributed by atoms with E-state index < -0.39 is 5.97 Å². The summed E-state index contributed by atoms with van der Waals surface area (Å²) >= 11 is 4.64. The van der Waals surface area contributed by atoms with Gasteiger partial charge in [-0.2, -0.15) is 0 Å². The second-order valence-corrected chi connectivity index (χ2v) is 1.06. The first-order valence-corrected chi connectivity index (χ1v) is 3.22. The summed E-state index contributed by atoms with van der Waals surface area (Å²) in [6.45, 7) is 0. The van der Waals surface area contributed by atoms with E-state index in [-0.39, 0.29) is 0 Å². The Morgan fingerprint density at radius 2 is 1.90 bits per heavy atom. The van der Waals surface area contributed by atoms with Gasteiger partial charge in [-0.25, -0.2) is 4.79 Å². The Bertz CT molecular complexity index is 101. The highest BCUT2D eigenvalue weighted by atomic mass is 35.5. The summed E-state index contributed by atoms with van der Waals surface area (Å²) in [5, 5.41) is 0. The normalized spacial score (nSPS) is 8.00. The van der Waals surface area contributed by atoms with Crippen molar-refractivity contribution < 1.29 is 14.3 Å². The third-order valence-corrected chi connectivity index (χ3v) is 0.541. The zero-order valence-corrected chi connectivity index (χ0v) is 7.01. The van der Waals surface area contributed by atoms with Crippen LogP contribution in [0.2, 0.25) is 0 Å². The second-order valence-electron chi connectivity index (χ2n) is 1.06. The molecule has 0 N–H and O–H groups in total. The van der Waals surface area contributed by atoms with Crippen LogP contribution in [0.3, 0.4) is 0 Å². The van der Waals surface area contributed by atoms with Crippen molar-refractivity contribution in [2.45, 2.75) is 0 Å². The van der Waals surface area contributed by atoms with Gasteiger partial charge in [0.15, 0.2) is 0 Å². The minimum absolute atomic E-state index is 0.410. The summed E-state index contributed by atoms with van der Waals surface area (Å²) in [6.07, 6.45) is 3.92. The van der Waals surface area contributed by atoms with E-state index in [2.05, 4.69) is 21.1 Å². The predicted octanol–water partition coefficient (Wildman–Crippen LogP) is 1.17. The molecule has 0 fully saturated rings. The molecule has 0 saturated heterocycles. The Balaban J connectivity index is 0. The molecule has 0 amide bonds. The highest BCUT2D eigenvalue weighted by Crippen LogP contribution is 1.76. The van der Waals surface area contributed by atoms with Gasteiger partial charge in [-0.15, -0.1) is 11.6 Å². The fourth-order valence-electron chi connectivity index (χ4n) is 0.192. The lowest BCUT2D eigenvalue weighted by molar-refractivity contribution is -0.134. The molecule has 4 heteroatoms. The standard InChI is InChI=1S/C5H8O3.CH3Cl/c1-7-4-3-5(6)8-2;1-2/h3-4H,1-2H3;1H3/b4-3+;. The van der Waals surface area contributed by atoms with E-state index >= 15 is 0 Å². The number of hydrogen-bond donors (Lipinski definition) is 0. The number of rotatable bonds is 2. The molecule has 60 valence electrons. The fourth-order valence-corrected chi connectivity index (χ4v) is 0.192. The third kappa shape index (κ3) is 10.3. The molecule has 0 spiro atoms. The first-order valence-electron chi connectivity index (χ1n) is 2.46. The van der Waals surface area contributed by atoms with Crippen molar-refractivity contribution in [2.75, 3.05) is 20.6 Å². The average Bonchev–Trinajstić information content (AvgIpc) is 2.04. The van der Waals surface area contributed by atoms with Crippen molar-refractivity contribution in [3.05, 3.63) is 12.3 Å². The summed E-state index contributed by atoms with van der Waals surface area (Å²) in [5.41, 5.74) is 0. The lowest BCUT2D eigenvalue weighted by atomic mass is 10.6. The Morgan fingerprint density at radius 3 is 2.20 bits per heavy atom. The van der Waals surface area contributed by atoms with Crippen LogP contribution in [-0.4, -0.2) is 26.6 Å². The van der Waals surface area contributed by atoms with Gasteiger partial charge in [-0.3, -0.25) is 0 Å². The molecule has 0 aromatic heterocycles. The molecule has 0 aliphatic heterocycles. The maximum absolute atomic E-state index is 10.2.